The van der Waals surface area contributed by atoms with Gasteiger partial charge in [-0.1, -0.05) is 138 Å². The van der Waals surface area contributed by atoms with Crippen LogP contribution in [0, 0.1) is 0 Å². The van der Waals surface area contributed by atoms with E-state index in [-0.39, 0.29) is 10.8 Å². The molecule has 6 aromatic carbocycles. The van der Waals surface area contributed by atoms with Crippen LogP contribution in [0.25, 0.3) is 33.0 Å². The normalized spacial score (nSPS) is 13.5. The molecule has 0 amide bonds. The van der Waals surface area contributed by atoms with Gasteiger partial charge in [-0.3, -0.25) is 0 Å². The van der Waals surface area contributed by atoms with E-state index in [9.17, 15) is 0 Å². The topological polar surface area (TPSA) is 3.24 Å². The lowest BCUT2D eigenvalue weighted by Crippen LogP contribution is -2.20. The Morgan fingerprint density at radius 3 is 2.02 bits per heavy atom. The van der Waals surface area contributed by atoms with Crippen molar-refractivity contribution in [1.82, 2.24) is 0 Å². The van der Waals surface area contributed by atoms with Crippen LogP contribution < -0.4 is 4.90 Å². The Hall–Kier alpha value is -4.62. The zero-order chi connectivity index (χ0) is 29.1. The van der Waals surface area contributed by atoms with Crippen LogP contribution >= 0.6 is 0 Å². The van der Waals surface area contributed by atoms with E-state index in [4.69, 9.17) is 0 Å². The maximum absolute atomic E-state index is 2.50. The third kappa shape index (κ3) is 4.23. The molecular weight excluding hydrogens is 506 g/mol. The van der Waals surface area contributed by atoms with E-state index in [2.05, 4.69) is 173 Å². The third-order valence-electron chi connectivity index (χ3n) is 8.99. The average molecular weight is 544 g/mol. The lowest BCUT2D eigenvalue weighted by molar-refractivity contribution is 0.591. The van der Waals surface area contributed by atoms with Gasteiger partial charge in [-0.05, 0) is 80.1 Å². The number of hydrogen-bond acceptors (Lipinski definition) is 1. The van der Waals surface area contributed by atoms with Crippen LogP contribution in [0.15, 0.2) is 133 Å². The molecule has 0 heterocycles. The summed E-state index contributed by atoms with van der Waals surface area (Å²) in [5.74, 6) is 0. The van der Waals surface area contributed by atoms with Gasteiger partial charge in [-0.25, -0.2) is 0 Å². The Balaban J connectivity index is 1.50. The summed E-state index contributed by atoms with van der Waals surface area (Å²) in [6, 6.07) is 49.1. The monoisotopic (exact) mass is 543 g/mol. The van der Waals surface area contributed by atoms with E-state index in [1.54, 1.807) is 0 Å². The van der Waals surface area contributed by atoms with Crippen molar-refractivity contribution in [3.63, 3.8) is 0 Å². The Labute approximate surface area is 250 Å². The molecule has 0 saturated carbocycles. The summed E-state index contributed by atoms with van der Waals surface area (Å²) in [5, 5.41) is 2.49. The van der Waals surface area contributed by atoms with Crippen LogP contribution in [0.2, 0.25) is 0 Å². The van der Waals surface area contributed by atoms with Gasteiger partial charge in [0.15, 0.2) is 0 Å². The highest BCUT2D eigenvalue weighted by Gasteiger charge is 2.36. The molecule has 0 N–H and O–H groups in total. The van der Waals surface area contributed by atoms with Crippen LogP contribution in [0.5, 0.6) is 0 Å². The first-order valence-electron chi connectivity index (χ1n) is 15.0. The molecule has 0 aromatic heterocycles. The largest absolute Gasteiger partial charge is 0.310 e. The number of anilines is 3. The summed E-state index contributed by atoms with van der Waals surface area (Å²) < 4.78 is 0. The van der Waals surface area contributed by atoms with E-state index < -0.39 is 0 Å². The molecule has 1 aliphatic carbocycles. The van der Waals surface area contributed by atoms with Gasteiger partial charge in [0.25, 0.3) is 0 Å². The minimum Gasteiger partial charge on any atom is -0.310 e. The second kappa shape index (κ2) is 9.74. The predicted octanol–water partition coefficient (Wildman–Crippen LogP) is 11.6. The summed E-state index contributed by atoms with van der Waals surface area (Å²) in [5.41, 5.74) is 12.7. The zero-order valence-electron chi connectivity index (χ0n) is 25.1. The number of fused-ring (bicyclic) bond motifs is 4. The highest BCUT2D eigenvalue weighted by molar-refractivity contribution is 6.00. The SMILES string of the molecule is CC(C)(C)c1cc(-c2ccccc2)ccc1N(c1ccc2c(c1)C(C)(C)c1ccccc1-2)c1cccc2ccccc12. The Kier molecular flexibility index (Phi) is 6.10. The van der Waals surface area contributed by atoms with Gasteiger partial charge in [-0.2, -0.15) is 0 Å². The Morgan fingerprint density at radius 2 is 1.21 bits per heavy atom. The second-order valence-corrected chi connectivity index (χ2v) is 13.1. The fourth-order valence-electron chi connectivity index (χ4n) is 6.78. The first-order valence-corrected chi connectivity index (χ1v) is 15.0. The minimum absolute atomic E-state index is 0.0730. The molecule has 1 aliphatic rings. The predicted molar refractivity (Wildman–Crippen MR) is 180 cm³/mol. The number of nitrogens with zero attached hydrogens (tertiary/aromatic N) is 1. The van der Waals surface area contributed by atoms with Crippen molar-refractivity contribution in [2.24, 2.45) is 0 Å². The molecule has 206 valence electrons. The average Bonchev–Trinajstić information content (AvgIpc) is 3.23. The minimum atomic E-state index is -0.0742. The van der Waals surface area contributed by atoms with Crippen LogP contribution in [0.3, 0.4) is 0 Å². The first kappa shape index (κ1) is 26.3. The Morgan fingerprint density at radius 1 is 0.524 bits per heavy atom. The maximum Gasteiger partial charge on any atom is 0.0540 e. The van der Waals surface area contributed by atoms with Gasteiger partial charge in [-0.15, -0.1) is 0 Å². The van der Waals surface area contributed by atoms with Gasteiger partial charge in [0.1, 0.15) is 0 Å². The molecule has 0 atom stereocenters. The van der Waals surface area contributed by atoms with E-state index in [0.29, 0.717) is 0 Å². The van der Waals surface area contributed by atoms with E-state index in [0.717, 1.165) is 0 Å². The zero-order valence-corrected chi connectivity index (χ0v) is 25.1. The summed E-state index contributed by atoms with van der Waals surface area (Å²) in [6.45, 7) is 11.7. The summed E-state index contributed by atoms with van der Waals surface area (Å²) in [4.78, 5) is 2.50. The van der Waals surface area contributed by atoms with Crippen LogP contribution in [0.4, 0.5) is 17.1 Å². The second-order valence-electron chi connectivity index (χ2n) is 13.1. The quantitative estimate of drug-likeness (QED) is 0.214. The molecule has 0 spiro atoms. The number of benzene rings is 6. The molecule has 1 heteroatoms. The molecule has 6 aromatic rings. The van der Waals surface area contributed by atoms with Gasteiger partial charge in [0.2, 0.25) is 0 Å². The molecule has 0 aliphatic heterocycles. The molecule has 0 bridgehead atoms. The molecule has 42 heavy (non-hydrogen) atoms. The molecule has 1 nitrogen and oxygen atoms in total. The van der Waals surface area contributed by atoms with Crippen molar-refractivity contribution in [3.05, 3.63) is 150 Å². The molecule has 0 radical (unpaired) electrons. The van der Waals surface area contributed by atoms with Gasteiger partial charge in [0.05, 0.1) is 5.69 Å². The third-order valence-corrected chi connectivity index (χ3v) is 8.99. The van der Waals surface area contributed by atoms with Crippen molar-refractivity contribution in [1.29, 1.82) is 0 Å². The van der Waals surface area contributed by atoms with E-state index >= 15 is 0 Å². The summed E-state index contributed by atoms with van der Waals surface area (Å²) >= 11 is 0. The molecular formula is C41H37N. The standard InChI is InChI=1S/C41H37N/c1-40(2,3)37-26-30(28-14-7-6-8-15-28)22-25-39(37)42(38-21-13-17-29-16-9-10-18-32(29)38)31-23-24-34-33-19-11-12-20-35(33)41(4,5)36(34)27-31/h6-27H,1-5H3. The highest BCUT2D eigenvalue weighted by Crippen LogP contribution is 2.51. The van der Waals surface area contributed by atoms with Crippen molar-refractivity contribution in [2.45, 2.75) is 45.4 Å². The van der Waals surface area contributed by atoms with Gasteiger partial charge in [0, 0.05) is 22.2 Å². The lowest BCUT2D eigenvalue weighted by Gasteiger charge is -2.34. The fraction of sp³-hybridized carbons (Fsp3) is 0.171. The maximum atomic E-state index is 2.50. The van der Waals surface area contributed by atoms with Crippen LogP contribution in [0.1, 0.15) is 51.3 Å². The molecule has 0 saturated heterocycles. The van der Waals surface area contributed by atoms with Crippen molar-refractivity contribution < 1.29 is 0 Å². The van der Waals surface area contributed by atoms with Crippen molar-refractivity contribution >= 4 is 27.8 Å². The smallest absolute Gasteiger partial charge is 0.0540 e. The van der Waals surface area contributed by atoms with E-state index in [1.807, 2.05) is 0 Å². The fourth-order valence-corrected chi connectivity index (χ4v) is 6.78. The summed E-state index contributed by atoms with van der Waals surface area (Å²) in [7, 11) is 0. The number of rotatable bonds is 4. The molecule has 0 unspecified atom stereocenters. The lowest BCUT2D eigenvalue weighted by atomic mass is 9.82. The van der Waals surface area contributed by atoms with Crippen molar-refractivity contribution in [2.75, 3.05) is 4.90 Å². The Bertz CT molecular complexity index is 1930. The van der Waals surface area contributed by atoms with Gasteiger partial charge < -0.3 is 4.90 Å². The summed E-state index contributed by atoms with van der Waals surface area (Å²) in [6.07, 6.45) is 0. The van der Waals surface area contributed by atoms with Gasteiger partial charge >= 0.3 is 0 Å². The molecule has 0 fully saturated rings. The van der Waals surface area contributed by atoms with Crippen LogP contribution in [-0.4, -0.2) is 0 Å². The first-order chi connectivity index (χ1) is 20.2. The van der Waals surface area contributed by atoms with Crippen LogP contribution in [-0.2, 0) is 10.8 Å². The number of hydrogen-bond donors (Lipinski definition) is 0. The molecule has 7 rings (SSSR count). The highest BCUT2D eigenvalue weighted by atomic mass is 15.1. The van der Waals surface area contributed by atoms with Crippen molar-refractivity contribution in [3.8, 4) is 22.3 Å². The van der Waals surface area contributed by atoms with E-state index in [1.165, 1.54) is 66.8 Å².